The first kappa shape index (κ1) is 59.1. The number of fused-ring (bicyclic) bond motifs is 8. The number of carboxylic acid groups (broad SMARTS) is 1. The van der Waals surface area contributed by atoms with E-state index in [4.69, 9.17) is 28.9 Å². The first-order chi connectivity index (χ1) is 41.4. The smallest absolute Gasteiger partial charge is 0.407 e. The number of imidazole rings is 2. The van der Waals surface area contributed by atoms with Crippen LogP contribution >= 0.6 is 0 Å². The third-order valence-corrected chi connectivity index (χ3v) is 17.5. The number of hydrogen-bond acceptors (Lipinski definition) is 15. The van der Waals surface area contributed by atoms with Gasteiger partial charge in [0.1, 0.15) is 45.0 Å². The number of methoxy groups -OCH3 is 2. The van der Waals surface area contributed by atoms with Gasteiger partial charge in [-0.25, -0.2) is 34.3 Å². The van der Waals surface area contributed by atoms with Crippen LogP contribution in [0.4, 0.5) is 9.59 Å². The number of aromatic carboxylic acids is 1. The lowest BCUT2D eigenvalue weighted by Crippen LogP contribution is -2.51. The zero-order valence-corrected chi connectivity index (χ0v) is 50.9. The summed E-state index contributed by atoms with van der Waals surface area (Å²) in [7, 11) is 7.03. The lowest BCUT2D eigenvalue weighted by molar-refractivity contribution is 0.0351. The SMILES string of the molecule is CC(C)(C)OC(=O)N[C@@H]1[C@H]2CN[C@@H]1[C@@H](O)C2.COc1cc(C(=O)N2C[C@H]3C[C@H](O)[C@@H]2[C@@H]3NC(=O)OC(C)(C)C)cc2nc(-c3cc4cccnc4n3CC3CC3)n(C)c12.COc1cc(C(=O)O)cc2nc(-c3cc4cccnc4n3CC3CC3)n(C)c12. The monoisotopic (exact) mass is 1190 g/mol. The van der Waals surface area contributed by atoms with E-state index < -0.39 is 41.5 Å². The molecule has 6 aromatic heterocycles. The molecular formula is C64H78N12O11. The van der Waals surface area contributed by atoms with Gasteiger partial charge < -0.3 is 73.4 Å². The molecule has 2 saturated heterocycles. The molecule has 0 spiro atoms. The van der Waals surface area contributed by atoms with E-state index in [9.17, 15) is 34.5 Å². The van der Waals surface area contributed by atoms with Gasteiger partial charge in [-0.1, -0.05) is 0 Å². The number of amides is 3. The Kier molecular flexibility index (Phi) is 15.5. The molecule has 6 fully saturated rings. The van der Waals surface area contributed by atoms with Crippen molar-refractivity contribution in [3.63, 3.8) is 0 Å². The number of pyridine rings is 2. The third kappa shape index (κ3) is 11.8. The van der Waals surface area contributed by atoms with Gasteiger partial charge in [-0.05, 0) is 158 Å². The molecule has 14 rings (SSSR count). The fourth-order valence-corrected chi connectivity index (χ4v) is 13.3. The Labute approximate surface area is 503 Å². The Hall–Kier alpha value is -8.28. The number of likely N-dealkylation sites (tertiary alicyclic amines) is 1. The predicted molar refractivity (Wildman–Crippen MR) is 326 cm³/mol. The Balaban J connectivity index is 0.000000143. The second-order valence-electron chi connectivity index (χ2n) is 26.2. The van der Waals surface area contributed by atoms with Crippen LogP contribution in [0.2, 0.25) is 0 Å². The number of aliphatic hydroxyl groups is 2. The topological polar surface area (TPSA) is 276 Å². The Bertz CT molecular complexity index is 3970. The van der Waals surface area contributed by atoms with Crippen molar-refractivity contribution in [1.82, 2.24) is 59.1 Å². The highest BCUT2D eigenvalue weighted by atomic mass is 16.6. The molecule has 0 radical (unpaired) electrons. The number of aromatic nitrogens is 8. The van der Waals surface area contributed by atoms with Crippen LogP contribution in [0.1, 0.15) is 101 Å². The van der Waals surface area contributed by atoms with Gasteiger partial charge in [0, 0.05) is 74.9 Å². The van der Waals surface area contributed by atoms with E-state index in [1.165, 1.54) is 31.7 Å². The number of hydrogen-bond donors (Lipinski definition) is 6. The molecule has 4 aliphatic carbocycles. The molecular weight excluding hydrogens is 1110 g/mol. The molecule has 2 aromatic carbocycles. The molecule has 8 heterocycles. The van der Waals surface area contributed by atoms with E-state index in [1.807, 2.05) is 68.5 Å². The standard InChI is InChI=1S/C32H38N6O5.C21H20N4O3.C11H20N2O3/c1-32(2,3)43-31(41)35-25-20-13-23(39)27(25)38(16-20)30(40)19-11-21-26(24(14-19)42-5)36(4)29(34-21)22-12-18-7-6-10-33-28(18)37(22)15-17-8-9-17;1-24-18-15(8-14(21(26)27)10-17(18)28-2)23-20(24)16-9-13-4-3-7-22-19(13)25(16)11-12-5-6-12;1-11(2,3)16-10(15)13-8-6-4-7(14)9(8)12-5-6/h6-7,10-12,14,17,20,23,25,27,39H,8-9,13,15-16H2,1-5H3,(H,35,41);3-4,7-10,12H,5-6,11H2,1-2H3,(H,26,27);6-9,12,14H,4-5H2,1-3H3,(H,13,15)/t20-,23+,25-,27-;;6-,7+,8-,9-/m1.1/s1. The van der Waals surface area contributed by atoms with Crippen molar-refractivity contribution in [3.05, 3.63) is 84.2 Å². The second kappa shape index (κ2) is 22.8. The molecule has 4 bridgehead atoms. The summed E-state index contributed by atoms with van der Waals surface area (Å²) < 4.78 is 30.4. The largest absolute Gasteiger partial charge is 0.494 e. The average molecular weight is 1190 g/mol. The van der Waals surface area contributed by atoms with E-state index in [-0.39, 0.29) is 41.6 Å². The zero-order valence-electron chi connectivity index (χ0n) is 50.9. The highest BCUT2D eigenvalue weighted by Crippen LogP contribution is 2.43. The normalized spacial score (nSPS) is 23.0. The number of aliphatic hydroxyl groups excluding tert-OH is 2. The number of nitrogens with one attached hydrogen (secondary N) is 3. The minimum Gasteiger partial charge on any atom is -0.494 e. The van der Waals surface area contributed by atoms with Crippen molar-refractivity contribution in [1.29, 1.82) is 0 Å². The molecule has 23 nitrogen and oxygen atoms in total. The van der Waals surface area contributed by atoms with E-state index in [2.05, 4.69) is 59.3 Å². The molecule has 2 aliphatic heterocycles. The lowest BCUT2D eigenvalue weighted by atomic mass is 10.1. The average Bonchev–Trinajstić information content (AvgIpc) is 1.79. The molecule has 23 heteroatoms. The molecule has 3 amide bonds. The molecule has 8 aromatic rings. The quantitative estimate of drug-likeness (QED) is 0.0675. The van der Waals surface area contributed by atoms with Gasteiger partial charge >= 0.3 is 18.2 Å². The number of aryl methyl sites for hydroxylation is 2. The van der Waals surface area contributed by atoms with Crippen molar-refractivity contribution in [2.24, 2.45) is 37.8 Å². The van der Waals surface area contributed by atoms with E-state index in [0.717, 1.165) is 82.2 Å². The fourth-order valence-electron chi connectivity index (χ4n) is 13.3. The first-order valence-electron chi connectivity index (χ1n) is 30.1. The Morgan fingerprint density at radius 2 is 1.14 bits per heavy atom. The molecule has 460 valence electrons. The van der Waals surface area contributed by atoms with Crippen LogP contribution in [-0.4, -0.2) is 157 Å². The maximum Gasteiger partial charge on any atom is 0.407 e. The number of nitrogens with zero attached hydrogens (tertiary/aromatic N) is 9. The van der Waals surface area contributed by atoms with Gasteiger partial charge in [0.2, 0.25) is 0 Å². The Morgan fingerprint density at radius 3 is 1.59 bits per heavy atom. The van der Waals surface area contributed by atoms with Gasteiger partial charge in [0.15, 0.2) is 11.6 Å². The van der Waals surface area contributed by atoms with E-state index in [0.29, 0.717) is 58.8 Å². The predicted octanol–water partition coefficient (Wildman–Crippen LogP) is 8.05. The highest BCUT2D eigenvalue weighted by molar-refractivity contribution is 6.01. The molecule has 87 heavy (non-hydrogen) atoms. The minimum absolute atomic E-state index is 0.00449. The number of carboxylic acids is 1. The lowest BCUT2D eigenvalue weighted by Gasteiger charge is -2.31. The number of piperidine rings is 2. The summed E-state index contributed by atoms with van der Waals surface area (Å²) in [4.78, 5) is 70.4. The van der Waals surface area contributed by atoms with Crippen LogP contribution in [0.3, 0.4) is 0 Å². The minimum atomic E-state index is -1.00. The van der Waals surface area contributed by atoms with Gasteiger partial charge in [-0.15, -0.1) is 0 Å². The van der Waals surface area contributed by atoms with Gasteiger partial charge in [0.25, 0.3) is 5.91 Å². The molecule has 0 unspecified atom stereocenters. The zero-order chi connectivity index (χ0) is 61.5. The molecule has 6 N–H and O–H groups in total. The molecule has 8 atom stereocenters. The first-order valence-corrected chi connectivity index (χ1v) is 30.1. The van der Waals surface area contributed by atoms with Crippen LogP contribution in [0.25, 0.3) is 67.2 Å². The molecule has 6 aliphatic rings. The van der Waals surface area contributed by atoms with Crippen LogP contribution in [0.5, 0.6) is 11.5 Å². The molecule has 4 saturated carbocycles. The van der Waals surface area contributed by atoms with E-state index >= 15 is 0 Å². The maximum absolute atomic E-state index is 14.0. The van der Waals surface area contributed by atoms with Crippen LogP contribution < -0.4 is 25.4 Å². The number of carbonyl (C=O) groups excluding carboxylic acids is 3. The van der Waals surface area contributed by atoms with Crippen LogP contribution in [-0.2, 0) is 36.7 Å². The van der Waals surface area contributed by atoms with Crippen LogP contribution in [0.15, 0.2) is 73.1 Å². The summed E-state index contributed by atoms with van der Waals surface area (Å²) in [6.07, 6.45) is 7.80. The number of ether oxygens (including phenoxy) is 4. The van der Waals surface area contributed by atoms with Gasteiger partial charge in [0.05, 0.1) is 78.6 Å². The van der Waals surface area contributed by atoms with Crippen molar-refractivity contribution in [2.45, 2.75) is 141 Å². The summed E-state index contributed by atoms with van der Waals surface area (Å²) in [6.45, 7) is 14.0. The van der Waals surface area contributed by atoms with Crippen molar-refractivity contribution >= 4 is 68.2 Å². The number of carbonyl (C=O) groups is 4. The number of rotatable bonds is 12. The van der Waals surface area contributed by atoms with E-state index in [1.54, 1.807) is 58.1 Å². The summed E-state index contributed by atoms with van der Waals surface area (Å²) in [5, 5.41) is 41.0. The van der Waals surface area contributed by atoms with Crippen molar-refractivity contribution in [2.75, 3.05) is 27.3 Å². The van der Waals surface area contributed by atoms with Gasteiger partial charge in [-0.3, -0.25) is 4.79 Å². The van der Waals surface area contributed by atoms with Crippen molar-refractivity contribution in [3.8, 4) is 34.5 Å². The summed E-state index contributed by atoms with van der Waals surface area (Å²) in [5.41, 5.74) is 6.13. The van der Waals surface area contributed by atoms with Crippen LogP contribution in [0, 0.1) is 23.7 Å². The highest BCUT2D eigenvalue weighted by Gasteiger charge is 2.55. The fraction of sp³-hybridized carbons (Fsp3) is 0.500. The number of benzene rings is 2. The number of alkyl carbamates (subject to hydrolysis) is 2. The summed E-state index contributed by atoms with van der Waals surface area (Å²) in [5.74, 6) is 2.93. The maximum atomic E-state index is 14.0. The van der Waals surface area contributed by atoms with Crippen molar-refractivity contribution < 1.29 is 53.4 Å². The summed E-state index contributed by atoms with van der Waals surface area (Å²) >= 11 is 0. The Morgan fingerprint density at radius 1 is 0.655 bits per heavy atom. The third-order valence-electron chi connectivity index (χ3n) is 17.5. The van der Waals surface area contributed by atoms with Gasteiger partial charge in [-0.2, -0.15) is 0 Å². The summed E-state index contributed by atoms with van der Waals surface area (Å²) in [6, 6.07) is 18.0. The second-order valence-corrected chi connectivity index (χ2v) is 26.2.